The summed E-state index contributed by atoms with van der Waals surface area (Å²) in [7, 11) is 0. The van der Waals surface area contributed by atoms with Gasteiger partial charge in [-0.15, -0.1) is 0 Å². The number of nitrogens with one attached hydrogen (secondary N) is 2. The molecule has 1 heterocycles. The Hall–Kier alpha value is -0.640. The molecular formula is C33H61N3. The topological polar surface area (TPSA) is 50.1 Å². The monoisotopic (exact) mass is 499 g/mol. The zero-order valence-electron chi connectivity index (χ0n) is 24.3. The second kappa shape index (κ2) is 16.4. The molecule has 0 radical (unpaired) electrons. The number of hydrogen-bond acceptors (Lipinski definition) is 3. The lowest BCUT2D eigenvalue weighted by molar-refractivity contribution is 0.0786. The highest BCUT2D eigenvalue weighted by Gasteiger charge is 2.39. The van der Waals surface area contributed by atoms with Gasteiger partial charge < -0.3 is 16.4 Å². The Balaban J connectivity index is 1.60. The summed E-state index contributed by atoms with van der Waals surface area (Å²) in [5, 5.41) is 7.59. The molecule has 0 saturated carbocycles. The second-order valence-corrected chi connectivity index (χ2v) is 13.0. The molecule has 0 aromatic rings. The first kappa shape index (κ1) is 29.9. The van der Waals surface area contributed by atoms with Crippen LogP contribution in [0.4, 0.5) is 0 Å². The van der Waals surface area contributed by atoms with Crippen LogP contribution >= 0.6 is 0 Å². The van der Waals surface area contributed by atoms with E-state index in [-0.39, 0.29) is 0 Å². The summed E-state index contributed by atoms with van der Waals surface area (Å²) in [6.45, 7) is 11.0. The van der Waals surface area contributed by atoms with Gasteiger partial charge in [-0.05, 0) is 106 Å². The van der Waals surface area contributed by atoms with Gasteiger partial charge in [0.15, 0.2) is 0 Å². The SMILES string of the molecule is CCCCCCCC1C=CCCC1C(C)C(C)(CCC[C@@H](N)C1CCCNC1)CN[C@@H]1C=CCCC1. The summed E-state index contributed by atoms with van der Waals surface area (Å²) in [5.41, 5.74) is 7.05. The van der Waals surface area contributed by atoms with Gasteiger partial charge in [0.1, 0.15) is 0 Å². The standard InChI is InChI=1S/C33H61N3/c1-4-5-6-7-9-16-28-17-12-13-21-31(28)27(2)33(3,26-36-30-19-10-8-11-20-30)23-14-22-32(34)29-18-15-24-35-25-29/h10,12,17,19,27-32,35-36H,4-9,11,13-16,18,20-26,34H2,1-3H3/t27?,28?,29?,30-,31?,32-,33?/m1/s1. The molecule has 1 aliphatic heterocycles. The highest BCUT2D eigenvalue weighted by Crippen LogP contribution is 2.45. The molecule has 0 amide bonds. The maximum atomic E-state index is 6.73. The van der Waals surface area contributed by atoms with Crippen LogP contribution in [-0.2, 0) is 0 Å². The van der Waals surface area contributed by atoms with Gasteiger partial charge in [0, 0.05) is 18.6 Å². The predicted octanol–water partition coefficient (Wildman–Crippen LogP) is 7.77. The van der Waals surface area contributed by atoms with Crippen molar-refractivity contribution >= 4 is 0 Å². The molecule has 1 saturated heterocycles. The molecule has 3 aliphatic rings. The van der Waals surface area contributed by atoms with Crippen molar-refractivity contribution < 1.29 is 0 Å². The van der Waals surface area contributed by atoms with Crippen LogP contribution in [0.15, 0.2) is 24.3 Å². The number of nitrogens with two attached hydrogens (primary N) is 1. The third-order valence-corrected chi connectivity index (χ3v) is 10.2. The Bertz CT molecular complexity index is 637. The second-order valence-electron chi connectivity index (χ2n) is 13.0. The highest BCUT2D eigenvalue weighted by atomic mass is 14.9. The van der Waals surface area contributed by atoms with Crippen LogP contribution in [-0.4, -0.2) is 31.7 Å². The Morgan fingerprint density at radius 1 is 1.00 bits per heavy atom. The Labute approximate surface area is 224 Å². The lowest BCUT2D eigenvalue weighted by Gasteiger charge is -2.45. The van der Waals surface area contributed by atoms with Crippen LogP contribution < -0.4 is 16.4 Å². The van der Waals surface area contributed by atoms with Crippen LogP contribution in [0.25, 0.3) is 0 Å². The lowest BCUT2D eigenvalue weighted by Crippen LogP contribution is -2.45. The van der Waals surface area contributed by atoms with E-state index in [1.807, 2.05) is 0 Å². The minimum atomic E-state index is 0.326. The van der Waals surface area contributed by atoms with Crippen molar-refractivity contribution in [3.05, 3.63) is 24.3 Å². The van der Waals surface area contributed by atoms with Gasteiger partial charge in [-0.25, -0.2) is 0 Å². The maximum Gasteiger partial charge on any atom is 0.0250 e. The number of hydrogen-bond donors (Lipinski definition) is 3. The van der Waals surface area contributed by atoms with Crippen molar-refractivity contribution in [1.82, 2.24) is 10.6 Å². The number of rotatable bonds is 16. The van der Waals surface area contributed by atoms with E-state index in [0.29, 0.717) is 23.4 Å². The predicted molar refractivity (Wildman–Crippen MR) is 158 cm³/mol. The van der Waals surface area contributed by atoms with Crippen molar-refractivity contribution in [1.29, 1.82) is 0 Å². The molecule has 0 aromatic heterocycles. The molecule has 1 fully saturated rings. The summed E-state index contributed by atoms with van der Waals surface area (Å²) in [6, 6.07) is 0.932. The van der Waals surface area contributed by atoms with Crippen LogP contribution in [0.3, 0.4) is 0 Å². The smallest absolute Gasteiger partial charge is 0.0250 e. The van der Waals surface area contributed by atoms with Gasteiger partial charge in [-0.3, -0.25) is 0 Å². The largest absolute Gasteiger partial charge is 0.327 e. The molecule has 4 N–H and O–H groups in total. The van der Waals surface area contributed by atoms with E-state index in [0.717, 1.165) is 30.8 Å². The summed E-state index contributed by atoms with van der Waals surface area (Å²) < 4.78 is 0. The Morgan fingerprint density at radius 2 is 1.83 bits per heavy atom. The van der Waals surface area contributed by atoms with Crippen LogP contribution in [0.1, 0.15) is 124 Å². The third kappa shape index (κ3) is 9.59. The fourth-order valence-electron chi connectivity index (χ4n) is 7.39. The third-order valence-electron chi connectivity index (χ3n) is 10.2. The zero-order valence-corrected chi connectivity index (χ0v) is 24.3. The zero-order chi connectivity index (χ0) is 25.6. The normalized spacial score (nSPS) is 30.1. The first-order chi connectivity index (χ1) is 17.5. The maximum absolute atomic E-state index is 6.73. The van der Waals surface area contributed by atoms with Crippen molar-refractivity contribution in [3.63, 3.8) is 0 Å². The van der Waals surface area contributed by atoms with E-state index in [2.05, 4.69) is 55.7 Å². The van der Waals surface area contributed by atoms with E-state index >= 15 is 0 Å². The molecular weight excluding hydrogens is 438 g/mol. The van der Waals surface area contributed by atoms with Gasteiger partial charge >= 0.3 is 0 Å². The van der Waals surface area contributed by atoms with Crippen molar-refractivity contribution in [2.75, 3.05) is 19.6 Å². The van der Waals surface area contributed by atoms with Gasteiger partial charge in [0.25, 0.3) is 0 Å². The van der Waals surface area contributed by atoms with Crippen LogP contribution in [0.2, 0.25) is 0 Å². The highest BCUT2D eigenvalue weighted by molar-refractivity contribution is 5.03. The molecule has 3 nitrogen and oxygen atoms in total. The van der Waals surface area contributed by atoms with Crippen molar-refractivity contribution in [2.24, 2.45) is 34.8 Å². The van der Waals surface area contributed by atoms with E-state index in [9.17, 15) is 0 Å². The minimum Gasteiger partial charge on any atom is -0.327 e. The Morgan fingerprint density at radius 3 is 2.58 bits per heavy atom. The van der Waals surface area contributed by atoms with Gasteiger partial charge in [0.05, 0.1) is 0 Å². The summed E-state index contributed by atoms with van der Waals surface area (Å²) in [6.07, 6.45) is 31.2. The van der Waals surface area contributed by atoms with E-state index in [1.54, 1.807) is 0 Å². The van der Waals surface area contributed by atoms with E-state index in [1.165, 1.54) is 109 Å². The molecule has 0 spiro atoms. The first-order valence-electron chi connectivity index (χ1n) is 16.1. The van der Waals surface area contributed by atoms with Gasteiger partial charge in [-0.1, -0.05) is 83.6 Å². The van der Waals surface area contributed by atoms with Gasteiger partial charge in [0.2, 0.25) is 0 Å². The lowest BCUT2D eigenvalue weighted by atomic mass is 9.62. The molecule has 0 bridgehead atoms. The molecule has 5 unspecified atom stereocenters. The quantitative estimate of drug-likeness (QED) is 0.150. The van der Waals surface area contributed by atoms with E-state index < -0.39 is 0 Å². The molecule has 7 atom stereocenters. The fraction of sp³-hybridized carbons (Fsp3) is 0.879. The van der Waals surface area contributed by atoms with Crippen molar-refractivity contribution in [2.45, 2.75) is 136 Å². The number of piperidine rings is 1. The molecule has 2 aliphatic carbocycles. The number of unbranched alkanes of at least 4 members (excludes halogenated alkanes) is 4. The average Bonchev–Trinajstić information content (AvgIpc) is 2.92. The summed E-state index contributed by atoms with van der Waals surface area (Å²) in [4.78, 5) is 0. The first-order valence-corrected chi connectivity index (χ1v) is 16.1. The summed E-state index contributed by atoms with van der Waals surface area (Å²) in [5.74, 6) is 3.01. The molecule has 0 aromatic carbocycles. The Kier molecular flexibility index (Phi) is 13.6. The van der Waals surface area contributed by atoms with E-state index in [4.69, 9.17) is 5.73 Å². The van der Waals surface area contributed by atoms with Crippen LogP contribution in [0.5, 0.6) is 0 Å². The van der Waals surface area contributed by atoms with Crippen LogP contribution in [0, 0.1) is 29.1 Å². The molecule has 36 heavy (non-hydrogen) atoms. The molecule has 3 rings (SSSR count). The average molecular weight is 500 g/mol. The fourth-order valence-corrected chi connectivity index (χ4v) is 7.39. The minimum absolute atomic E-state index is 0.326. The molecule has 3 heteroatoms. The van der Waals surface area contributed by atoms with Crippen molar-refractivity contribution in [3.8, 4) is 0 Å². The summed E-state index contributed by atoms with van der Waals surface area (Å²) >= 11 is 0. The molecule has 208 valence electrons. The van der Waals surface area contributed by atoms with Gasteiger partial charge in [-0.2, -0.15) is 0 Å². The number of allylic oxidation sites excluding steroid dienone is 3.